The summed E-state index contributed by atoms with van der Waals surface area (Å²) in [6, 6.07) is 5.07. The van der Waals surface area contributed by atoms with Gasteiger partial charge in [-0.25, -0.2) is 4.79 Å². The molecule has 3 amide bonds. The van der Waals surface area contributed by atoms with Crippen LogP contribution in [0.3, 0.4) is 0 Å². The number of hydrogen-bond acceptors (Lipinski definition) is 6. The van der Waals surface area contributed by atoms with Crippen molar-refractivity contribution in [3.63, 3.8) is 0 Å². The number of halogens is 1. The van der Waals surface area contributed by atoms with Crippen LogP contribution in [0.25, 0.3) is 0 Å². The number of aliphatic hydroxyl groups is 1. The normalized spacial score (nSPS) is 21.4. The second-order valence-electron chi connectivity index (χ2n) is 8.56. The Morgan fingerprint density at radius 2 is 2.07 bits per heavy atom. The Morgan fingerprint density at radius 3 is 2.69 bits per heavy atom. The minimum Gasteiger partial charge on any atom is -0.444 e. The maximum atomic E-state index is 12.1. The molecule has 3 rings (SSSR count). The van der Waals surface area contributed by atoms with E-state index >= 15 is 0 Å². The molecular formula is C20H26BrN3O5. The molecule has 9 heteroatoms. The fourth-order valence-electron chi connectivity index (χ4n) is 3.34. The molecule has 1 aromatic rings. The van der Waals surface area contributed by atoms with Crippen molar-refractivity contribution >= 4 is 33.8 Å². The van der Waals surface area contributed by atoms with Crippen molar-refractivity contribution in [1.82, 2.24) is 15.5 Å². The van der Waals surface area contributed by atoms with Crippen molar-refractivity contribution in [3.8, 4) is 0 Å². The third-order valence-corrected chi connectivity index (χ3v) is 5.69. The molecule has 0 radical (unpaired) electrons. The van der Waals surface area contributed by atoms with Crippen LogP contribution in [0.1, 0.15) is 44.7 Å². The molecule has 0 aliphatic carbocycles. The lowest BCUT2D eigenvalue weighted by Gasteiger charge is -2.46. The summed E-state index contributed by atoms with van der Waals surface area (Å²) in [4.78, 5) is 36.7. The van der Waals surface area contributed by atoms with Gasteiger partial charge in [0.25, 0.3) is 0 Å². The van der Waals surface area contributed by atoms with Crippen LogP contribution in [-0.2, 0) is 26.5 Å². The first-order chi connectivity index (χ1) is 13.5. The van der Waals surface area contributed by atoms with E-state index in [1.54, 1.807) is 20.8 Å². The third kappa shape index (κ3) is 5.15. The second kappa shape index (κ2) is 8.04. The first kappa shape index (κ1) is 21.7. The average molecular weight is 468 g/mol. The lowest BCUT2D eigenvalue weighted by atomic mass is 9.85. The van der Waals surface area contributed by atoms with Crippen LogP contribution in [0.5, 0.6) is 0 Å². The molecule has 1 unspecified atom stereocenters. The van der Waals surface area contributed by atoms with Crippen LogP contribution in [0.4, 0.5) is 4.79 Å². The highest BCUT2D eigenvalue weighted by Crippen LogP contribution is 2.34. The quantitative estimate of drug-likeness (QED) is 0.582. The van der Waals surface area contributed by atoms with Crippen molar-refractivity contribution < 1.29 is 24.2 Å². The Kier molecular flexibility index (Phi) is 6.03. The predicted molar refractivity (Wildman–Crippen MR) is 109 cm³/mol. The standard InChI is InChI=1S/C20H26BrN3O5/c1-19(2,3)29-18(27)24-10-20(28,11-24)13-4-5-14(21)12(8-13)9-22-15-6-7-16(25)23-17(15)26/h4-5,8,15,22,28H,6-7,9-11H2,1-3H3,(H,23,25,26). The Labute approximate surface area is 178 Å². The molecule has 2 fully saturated rings. The van der Waals surface area contributed by atoms with Crippen molar-refractivity contribution in [2.75, 3.05) is 13.1 Å². The molecular weight excluding hydrogens is 442 g/mol. The first-order valence-corrected chi connectivity index (χ1v) is 10.3. The SMILES string of the molecule is CC(C)(C)OC(=O)N1CC(O)(c2ccc(Br)c(CNC3CCC(=O)NC3=O)c2)C1. The van der Waals surface area contributed by atoms with Gasteiger partial charge in [0.05, 0.1) is 19.1 Å². The van der Waals surface area contributed by atoms with Gasteiger partial charge in [0, 0.05) is 17.4 Å². The summed E-state index contributed by atoms with van der Waals surface area (Å²) >= 11 is 3.49. The van der Waals surface area contributed by atoms with Crippen LogP contribution in [0.15, 0.2) is 22.7 Å². The zero-order valence-corrected chi connectivity index (χ0v) is 18.3. The zero-order chi connectivity index (χ0) is 21.4. The molecule has 0 spiro atoms. The fourth-order valence-corrected chi connectivity index (χ4v) is 3.73. The first-order valence-electron chi connectivity index (χ1n) is 9.53. The lowest BCUT2D eigenvalue weighted by molar-refractivity contribution is -0.134. The number of carbonyl (C=O) groups is 3. The number of rotatable bonds is 4. The van der Waals surface area contributed by atoms with Gasteiger partial charge in [-0.05, 0) is 44.4 Å². The number of hydrogen-bond donors (Lipinski definition) is 3. The summed E-state index contributed by atoms with van der Waals surface area (Å²) in [6.07, 6.45) is 0.320. The number of ether oxygens (including phenoxy) is 1. The largest absolute Gasteiger partial charge is 0.444 e. The number of nitrogens with one attached hydrogen (secondary N) is 2. The van der Waals surface area contributed by atoms with Crippen molar-refractivity contribution in [2.24, 2.45) is 0 Å². The fraction of sp³-hybridized carbons (Fsp3) is 0.550. The number of likely N-dealkylation sites (tertiary alicyclic amines) is 1. The van der Waals surface area contributed by atoms with Gasteiger partial charge in [-0.1, -0.05) is 28.1 Å². The average Bonchev–Trinajstić information content (AvgIpc) is 2.58. The summed E-state index contributed by atoms with van der Waals surface area (Å²) in [5.41, 5.74) is -0.157. The van der Waals surface area contributed by atoms with Crippen LogP contribution in [0.2, 0.25) is 0 Å². The third-order valence-electron chi connectivity index (χ3n) is 4.92. The summed E-state index contributed by atoms with van der Waals surface area (Å²) in [5, 5.41) is 16.4. The van der Waals surface area contributed by atoms with Crippen LogP contribution in [0, 0.1) is 0 Å². The molecule has 2 aliphatic rings. The maximum Gasteiger partial charge on any atom is 0.410 e. The van der Waals surface area contributed by atoms with Gasteiger partial charge in [-0.3, -0.25) is 14.9 Å². The van der Waals surface area contributed by atoms with Crippen LogP contribution in [-0.4, -0.2) is 52.6 Å². The Morgan fingerprint density at radius 1 is 1.38 bits per heavy atom. The van der Waals surface area contributed by atoms with E-state index in [9.17, 15) is 19.5 Å². The number of benzene rings is 1. The molecule has 0 aromatic heterocycles. The monoisotopic (exact) mass is 467 g/mol. The second-order valence-corrected chi connectivity index (χ2v) is 9.41. The van der Waals surface area contributed by atoms with Crippen molar-refractivity contribution in [2.45, 2.75) is 57.4 Å². The number of imide groups is 1. The van der Waals surface area contributed by atoms with Gasteiger partial charge in [0.15, 0.2) is 0 Å². The molecule has 2 aliphatic heterocycles. The molecule has 1 aromatic carbocycles. The van der Waals surface area contributed by atoms with Crippen molar-refractivity contribution in [3.05, 3.63) is 33.8 Å². The molecule has 1 atom stereocenters. The highest BCUT2D eigenvalue weighted by molar-refractivity contribution is 9.10. The van der Waals surface area contributed by atoms with Gasteiger partial charge in [0.1, 0.15) is 11.2 Å². The summed E-state index contributed by atoms with van der Waals surface area (Å²) in [6.45, 7) is 6.10. The number of amides is 3. The van der Waals surface area contributed by atoms with E-state index < -0.39 is 23.3 Å². The minimum atomic E-state index is -1.14. The van der Waals surface area contributed by atoms with Gasteiger partial charge in [0.2, 0.25) is 11.8 Å². The number of nitrogens with zero attached hydrogens (tertiary/aromatic N) is 1. The van der Waals surface area contributed by atoms with E-state index in [0.29, 0.717) is 24.9 Å². The molecule has 2 saturated heterocycles. The van der Waals surface area contributed by atoms with E-state index in [1.165, 1.54) is 4.90 Å². The van der Waals surface area contributed by atoms with Gasteiger partial charge >= 0.3 is 6.09 Å². The molecule has 2 heterocycles. The highest BCUT2D eigenvalue weighted by Gasteiger charge is 2.46. The van der Waals surface area contributed by atoms with E-state index in [4.69, 9.17) is 4.74 Å². The molecule has 8 nitrogen and oxygen atoms in total. The van der Waals surface area contributed by atoms with E-state index in [-0.39, 0.29) is 24.9 Å². The molecule has 3 N–H and O–H groups in total. The summed E-state index contributed by atoms with van der Waals surface area (Å²) in [5.74, 6) is -0.572. The van der Waals surface area contributed by atoms with Gasteiger partial charge in [-0.15, -0.1) is 0 Å². The topological polar surface area (TPSA) is 108 Å². The van der Waals surface area contributed by atoms with Crippen LogP contribution < -0.4 is 10.6 Å². The van der Waals surface area contributed by atoms with E-state index in [2.05, 4.69) is 26.6 Å². The van der Waals surface area contributed by atoms with Gasteiger partial charge < -0.3 is 20.1 Å². The Bertz CT molecular complexity index is 830. The zero-order valence-electron chi connectivity index (χ0n) is 16.8. The molecule has 29 heavy (non-hydrogen) atoms. The maximum absolute atomic E-state index is 12.1. The number of carbonyl (C=O) groups excluding carboxylic acids is 3. The minimum absolute atomic E-state index is 0.156. The summed E-state index contributed by atoms with van der Waals surface area (Å²) < 4.78 is 6.17. The van der Waals surface area contributed by atoms with E-state index in [1.807, 2.05) is 18.2 Å². The smallest absolute Gasteiger partial charge is 0.410 e. The van der Waals surface area contributed by atoms with Crippen LogP contribution >= 0.6 is 15.9 Å². The number of piperidine rings is 1. The number of β-amino-alcohol motifs (C(OH)–C–C–N with tert-alkyl or cyclic N) is 1. The highest BCUT2D eigenvalue weighted by atomic mass is 79.9. The predicted octanol–water partition coefficient (Wildman–Crippen LogP) is 1.78. The molecule has 158 valence electrons. The van der Waals surface area contributed by atoms with Crippen molar-refractivity contribution in [1.29, 1.82) is 0 Å². The molecule has 0 saturated carbocycles. The van der Waals surface area contributed by atoms with Gasteiger partial charge in [-0.2, -0.15) is 0 Å². The van der Waals surface area contributed by atoms with E-state index in [0.717, 1.165) is 10.0 Å². The summed E-state index contributed by atoms with van der Waals surface area (Å²) in [7, 11) is 0. The Hall–Kier alpha value is -1.97. The molecule has 0 bridgehead atoms. The Balaban J connectivity index is 1.63. The lowest BCUT2D eigenvalue weighted by Crippen LogP contribution is -2.61.